The van der Waals surface area contributed by atoms with E-state index in [1.165, 1.54) is 12.1 Å². The molecule has 1 aliphatic rings. The average molecular weight is 236 g/mol. The highest BCUT2D eigenvalue weighted by Gasteiger charge is 2.21. The number of anilines is 1. The molecule has 2 rings (SSSR count). The van der Waals surface area contributed by atoms with Crippen molar-refractivity contribution in [2.24, 2.45) is 5.92 Å². The Morgan fingerprint density at radius 3 is 2.47 bits per heavy atom. The minimum absolute atomic E-state index is 0.239. The van der Waals surface area contributed by atoms with Gasteiger partial charge in [0.25, 0.3) is 0 Å². The highest BCUT2D eigenvalue weighted by atomic mass is 19.2. The lowest BCUT2D eigenvalue weighted by Crippen LogP contribution is -2.33. The first-order chi connectivity index (χ1) is 8.13. The maximum Gasteiger partial charge on any atom is 0.183 e. The minimum atomic E-state index is -1.04. The van der Waals surface area contributed by atoms with Crippen LogP contribution in [0.25, 0.3) is 0 Å². The predicted molar refractivity (Wildman–Crippen MR) is 61.7 cm³/mol. The molecule has 0 bridgehead atoms. The second kappa shape index (κ2) is 4.70. The molecule has 0 unspecified atom stereocenters. The topological polar surface area (TPSA) is 27.0 Å². The van der Waals surface area contributed by atoms with Crippen LogP contribution in [-0.2, 0) is 0 Å². The monoisotopic (exact) mass is 236 g/mol. The lowest BCUT2D eigenvalue weighted by molar-refractivity contribution is 0.430. The van der Waals surface area contributed by atoms with Crippen LogP contribution in [0.1, 0.15) is 25.3 Å². The highest BCUT2D eigenvalue weighted by Crippen LogP contribution is 2.27. The Labute approximate surface area is 99.5 Å². The molecule has 0 spiro atoms. The summed E-state index contributed by atoms with van der Waals surface area (Å²) < 4.78 is 27.2. The van der Waals surface area contributed by atoms with Crippen LogP contribution in [0.5, 0.6) is 0 Å². The second-order valence-corrected chi connectivity index (χ2v) is 4.54. The molecule has 1 aromatic rings. The van der Waals surface area contributed by atoms with Crippen LogP contribution in [0.3, 0.4) is 0 Å². The summed E-state index contributed by atoms with van der Waals surface area (Å²) >= 11 is 0. The number of rotatable bonds is 1. The zero-order valence-electron chi connectivity index (χ0n) is 9.71. The number of halogens is 2. The van der Waals surface area contributed by atoms with E-state index in [9.17, 15) is 8.78 Å². The molecule has 1 aliphatic heterocycles. The van der Waals surface area contributed by atoms with Crippen molar-refractivity contribution in [1.29, 1.82) is 5.26 Å². The summed E-state index contributed by atoms with van der Waals surface area (Å²) in [6, 6.07) is 4.47. The van der Waals surface area contributed by atoms with Gasteiger partial charge in [0.2, 0.25) is 0 Å². The first-order valence-corrected chi connectivity index (χ1v) is 5.76. The van der Waals surface area contributed by atoms with Gasteiger partial charge < -0.3 is 4.90 Å². The van der Waals surface area contributed by atoms with Gasteiger partial charge in [-0.3, -0.25) is 0 Å². The SMILES string of the molecule is CC1CCN(c2ccc(C#N)c(F)c2F)CC1. The van der Waals surface area contributed by atoms with Gasteiger partial charge in [-0.25, -0.2) is 8.78 Å². The van der Waals surface area contributed by atoms with E-state index >= 15 is 0 Å². The third-order valence-electron chi connectivity index (χ3n) is 3.31. The zero-order chi connectivity index (χ0) is 12.4. The summed E-state index contributed by atoms with van der Waals surface area (Å²) in [5.74, 6) is -1.31. The van der Waals surface area contributed by atoms with Crippen molar-refractivity contribution in [2.75, 3.05) is 18.0 Å². The van der Waals surface area contributed by atoms with Crippen LogP contribution >= 0.6 is 0 Å². The highest BCUT2D eigenvalue weighted by molar-refractivity contribution is 5.52. The van der Waals surface area contributed by atoms with Gasteiger partial charge in [0.1, 0.15) is 6.07 Å². The quantitative estimate of drug-likeness (QED) is 0.749. The molecule has 17 heavy (non-hydrogen) atoms. The Morgan fingerprint density at radius 1 is 1.24 bits per heavy atom. The van der Waals surface area contributed by atoms with Crippen LogP contribution in [0, 0.1) is 28.9 Å². The van der Waals surface area contributed by atoms with Crippen molar-refractivity contribution < 1.29 is 8.78 Å². The van der Waals surface area contributed by atoms with Crippen LogP contribution in [-0.4, -0.2) is 13.1 Å². The van der Waals surface area contributed by atoms with Crippen LogP contribution < -0.4 is 4.90 Å². The Hall–Kier alpha value is -1.63. The molecule has 4 heteroatoms. The normalized spacial score (nSPS) is 16.9. The lowest BCUT2D eigenvalue weighted by atomic mass is 9.98. The molecule has 0 saturated carbocycles. The third-order valence-corrected chi connectivity index (χ3v) is 3.31. The average Bonchev–Trinajstić information content (AvgIpc) is 2.34. The van der Waals surface area contributed by atoms with E-state index in [2.05, 4.69) is 6.92 Å². The number of nitrogens with zero attached hydrogens (tertiary/aromatic N) is 2. The molecule has 0 radical (unpaired) electrons. The second-order valence-electron chi connectivity index (χ2n) is 4.54. The van der Waals surface area contributed by atoms with Gasteiger partial charge in [0.05, 0.1) is 11.3 Å². The van der Waals surface area contributed by atoms with E-state index in [0.717, 1.165) is 25.9 Å². The molecule has 1 heterocycles. The molecule has 0 atom stereocenters. The van der Waals surface area contributed by atoms with E-state index in [-0.39, 0.29) is 11.3 Å². The smallest absolute Gasteiger partial charge is 0.183 e. The van der Waals surface area contributed by atoms with E-state index in [0.29, 0.717) is 5.92 Å². The predicted octanol–water partition coefficient (Wildman–Crippen LogP) is 3.07. The summed E-state index contributed by atoms with van der Waals surface area (Å²) in [7, 11) is 0. The van der Waals surface area contributed by atoms with Crippen molar-refractivity contribution in [3.8, 4) is 6.07 Å². The van der Waals surface area contributed by atoms with Gasteiger partial charge in [0.15, 0.2) is 11.6 Å². The van der Waals surface area contributed by atoms with E-state index < -0.39 is 11.6 Å². The molecule has 0 aromatic heterocycles. The largest absolute Gasteiger partial charge is 0.369 e. The molecule has 0 N–H and O–H groups in total. The number of nitriles is 1. The molecule has 1 aromatic carbocycles. The molecular formula is C13H14F2N2. The van der Waals surface area contributed by atoms with Crippen molar-refractivity contribution in [3.05, 3.63) is 29.3 Å². The standard InChI is InChI=1S/C13H14F2N2/c1-9-4-6-17(7-5-9)11-3-2-10(8-16)12(14)13(11)15/h2-3,9H,4-7H2,1H3. The first-order valence-electron chi connectivity index (χ1n) is 5.76. The van der Waals surface area contributed by atoms with Crippen LogP contribution in [0.4, 0.5) is 14.5 Å². The number of hydrogen-bond acceptors (Lipinski definition) is 2. The summed E-state index contributed by atoms with van der Waals surface area (Å²) in [5.41, 5.74) is 0.0324. The van der Waals surface area contributed by atoms with Crippen LogP contribution in [0.15, 0.2) is 12.1 Å². The third kappa shape index (κ3) is 2.23. The van der Waals surface area contributed by atoms with Crippen molar-refractivity contribution in [1.82, 2.24) is 0 Å². The fourth-order valence-electron chi connectivity index (χ4n) is 2.12. The summed E-state index contributed by atoms with van der Waals surface area (Å²) in [6.45, 7) is 3.64. The summed E-state index contributed by atoms with van der Waals surface area (Å²) in [6.07, 6.45) is 1.97. The van der Waals surface area contributed by atoms with Crippen LogP contribution in [0.2, 0.25) is 0 Å². The van der Waals surface area contributed by atoms with Gasteiger partial charge in [-0.15, -0.1) is 0 Å². The lowest BCUT2D eigenvalue weighted by Gasteiger charge is -2.32. The Balaban J connectivity index is 2.28. The van der Waals surface area contributed by atoms with Gasteiger partial charge in [-0.1, -0.05) is 6.92 Å². The Bertz CT molecular complexity index is 457. The van der Waals surface area contributed by atoms with E-state index in [1.54, 1.807) is 6.07 Å². The summed E-state index contributed by atoms with van der Waals surface area (Å²) in [4.78, 5) is 1.85. The molecule has 2 nitrogen and oxygen atoms in total. The fourth-order valence-corrected chi connectivity index (χ4v) is 2.12. The molecule has 1 saturated heterocycles. The van der Waals surface area contributed by atoms with Gasteiger partial charge >= 0.3 is 0 Å². The van der Waals surface area contributed by atoms with E-state index in [1.807, 2.05) is 4.90 Å². The maximum atomic E-state index is 13.8. The maximum absolute atomic E-state index is 13.8. The first kappa shape index (κ1) is 11.8. The van der Waals surface area contributed by atoms with Gasteiger partial charge in [-0.2, -0.15) is 5.26 Å². The molecule has 90 valence electrons. The van der Waals surface area contributed by atoms with Crippen molar-refractivity contribution in [3.63, 3.8) is 0 Å². The molecule has 0 aliphatic carbocycles. The molecule has 1 fully saturated rings. The van der Waals surface area contributed by atoms with Crippen molar-refractivity contribution in [2.45, 2.75) is 19.8 Å². The number of benzene rings is 1. The number of piperidine rings is 1. The van der Waals surface area contributed by atoms with E-state index in [4.69, 9.17) is 5.26 Å². The minimum Gasteiger partial charge on any atom is -0.369 e. The van der Waals surface area contributed by atoms with Gasteiger partial charge in [0, 0.05) is 13.1 Å². The Morgan fingerprint density at radius 2 is 1.88 bits per heavy atom. The molecular weight excluding hydrogens is 222 g/mol. The zero-order valence-corrected chi connectivity index (χ0v) is 9.71. The van der Waals surface area contributed by atoms with Gasteiger partial charge in [-0.05, 0) is 30.9 Å². The summed E-state index contributed by atoms with van der Waals surface area (Å²) in [5, 5.41) is 8.61. The Kier molecular flexibility index (Phi) is 3.28. The fraction of sp³-hybridized carbons (Fsp3) is 0.462. The van der Waals surface area contributed by atoms with Crippen molar-refractivity contribution >= 4 is 5.69 Å². The molecule has 0 amide bonds. The number of hydrogen-bond donors (Lipinski definition) is 0.